The molecule has 7 N–H and O–H groups in total. The lowest BCUT2D eigenvalue weighted by Gasteiger charge is -2.24. The van der Waals surface area contributed by atoms with Crippen molar-refractivity contribution in [2.75, 3.05) is 6.54 Å². The smallest absolute Gasteiger partial charge is 0.251 e. The lowest BCUT2D eigenvalue weighted by molar-refractivity contribution is -0.130. The summed E-state index contributed by atoms with van der Waals surface area (Å²) in [6.45, 7) is 2.13. The molecule has 0 fully saturated rings. The zero-order valence-electron chi connectivity index (χ0n) is 20.0. The van der Waals surface area contributed by atoms with Gasteiger partial charge in [0.05, 0.1) is 0 Å². The highest BCUT2D eigenvalue weighted by Crippen LogP contribution is 2.08. The van der Waals surface area contributed by atoms with Crippen molar-refractivity contribution in [3.05, 3.63) is 71.8 Å². The molecule has 4 amide bonds. The minimum absolute atomic E-state index is 0.0149. The minimum atomic E-state index is -0.905. The van der Waals surface area contributed by atoms with Crippen LogP contribution in [-0.4, -0.2) is 48.3 Å². The van der Waals surface area contributed by atoms with Crippen molar-refractivity contribution in [3.8, 4) is 0 Å². The Labute approximate surface area is 206 Å². The van der Waals surface area contributed by atoms with E-state index in [0.29, 0.717) is 31.4 Å². The van der Waals surface area contributed by atoms with E-state index in [2.05, 4.69) is 16.0 Å². The van der Waals surface area contributed by atoms with Crippen LogP contribution < -0.4 is 27.4 Å². The zero-order valence-corrected chi connectivity index (χ0v) is 20.0. The molecule has 9 heteroatoms. The van der Waals surface area contributed by atoms with Gasteiger partial charge in [-0.25, -0.2) is 0 Å². The van der Waals surface area contributed by atoms with Crippen LogP contribution in [0, 0.1) is 0 Å². The Kier molecular flexibility index (Phi) is 11.4. The average Bonchev–Trinajstić information content (AvgIpc) is 2.83. The van der Waals surface area contributed by atoms with Gasteiger partial charge in [0.15, 0.2) is 0 Å². The van der Waals surface area contributed by atoms with Crippen molar-refractivity contribution in [1.82, 2.24) is 16.0 Å². The van der Waals surface area contributed by atoms with E-state index in [-0.39, 0.29) is 18.7 Å². The normalized spacial score (nSPS) is 13.2. The number of amides is 4. The second-order valence-electron chi connectivity index (χ2n) is 8.51. The molecule has 0 saturated carbocycles. The molecule has 0 aromatic heterocycles. The molecule has 0 bridgehead atoms. The number of nitrogens with one attached hydrogen (secondary N) is 3. The molecule has 0 heterocycles. The van der Waals surface area contributed by atoms with Gasteiger partial charge in [-0.3, -0.25) is 19.2 Å². The van der Waals surface area contributed by atoms with Crippen molar-refractivity contribution in [1.29, 1.82) is 0 Å². The molecule has 0 spiro atoms. The Morgan fingerprint density at radius 2 is 1.40 bits per heavy atom. The standard InChI is InChI=1S/C26H35N5O4/c1-18(16-23(28)32)29-25(34)21(14-8-9-15-27)30-26(35)22(17-19-10-4-2-5-11-19)31-24(33)20-12-6-3-7-13-20/h2-7,10-13,18,21-22H,8-9,14-17,27H2,1H3,(H2,28,32)(H,29,34)(H,30,35)(H,31,33)/t18-,21+,22+/m1/s1. The molecule has 0 unspecified atom stereocenters. The fraction of sp³-hybridized carbons (Fsp3) is 0.385. The van der Waals surface area contributed by atoms with E-state index in [1.165, 1.54) is 0 Å². The summed E-state index contributed by atoms with van der Waals surface area (Å²) in [5.41, 5.74) is 12.1. The molecule has 0 aliphatic carbocycles. The van der Waals surface area contributed by atoms with Gasteiger partial charge in [-0.2, -0.15) is 0 Å². The van der Waals surface area contributed by atoms with Crippen LogP contribution in [0.25, 0.3) is 0 Å². The molecular weight excluding hydrogens is 446 g/mol. The van der Waals surface area contributed by atoms with E-state index in [4.69, 9.17) is 11.5 Å². The first-order valence-corrected chi connectivity index (χ1v) is 11.8. The van der Waals surface area contributed by atoms with Gasteiger partial charge < -0.3 is 27.4 Å². The van der Waals surface area contributed by atoms with Crippen molar-refractivity contribution in [2.24, 2.45) is 11.5 Å². The van der Waals surface area contributed by atoms with Crippen LogP contribution >= 0.6 is 0 Å². The maximum atomic E-state index is 13.3. The molecule has 188 valence electrons. The van der Waals surface area contributed by atoms with Crippen LogP contribution in [0.3, 0.4) is 0 Å². The van der Waals surface area contributed by atoms with Gasteiger partial charge >= 0.3 is 0 Å². The SMILES string of the molecule is C[C@H](CC(N)=O)NC(=O)[C@H](CCCCN)NC(=O)[C@H](Cc1ccccc1)NC(=O)c1ccccc1. The third-order valence-corrected chi connectivity index (χ3v) is 5.42. The maximum absolute atomic E-state index is 13.3. The van der Waals surface area contributed by atoms with E-state index < -0.39 is 35.8 Å². The highest BCUT2D eigenvalue weighted by molar-refractivity contribution is 5.98. The quantitative estimate of drug-likeness (QED) is 0.255. The average molecular weight is 482 g/mol. The number of hydrogen-bond donors (Lipinski definition) is 5. The Morgan fingerprint density at radius 1 is 0.800 bits per heavy atom. The fourth-order valence-electron chi connectivity index (χ4n) is 3.62. The number of rotatable bonds is 14. The molecule has 2 rings (SSSR count). The Morgan fingerprint density at radius 3 is 2.00 bits per heavy atom. The summed E-state index contributed by atoms with van der Waals surface area (Å²) in [5.74, 6) is -1.82. The van der Waals surface area contributed by atoms with Crippen LogP contribution in [0.1, 0.15) is 48.5 Å². The fourth-order valence-corrected chi connectivity index (χ4v) is 3.62. The van der Waals surface area contributed by atoms with Crippen molar-refractivity contribution >= 4 is 23.6 Å². The summed E-state index contributed by atoms with van der Waals surface area (Å²) in [6, 6.07) is 15.7. The second-order valence-corrected chi connectivity index (χ2v) is 8.51. The number of hydrogen-bond acceptors (Lipinski definition) is 5. The van der Waals surface area contributed by atoms with E-state index in [1.54, 1.807) is 37.3 Å². The van der Waals surface area contributed by atoms with Gasteiger partial charge in [0.1, 0.15) is 12.1 Å². The van der Waals surface area contributed by atoms with Crippen LogP contribution in [-0.2, 0) is 20.8 Å². The first kappa shape index (κ1) is 27.5. The van der Waals surface area contributed by atoms with Crippen molar-refractivity contribution in [3.63, 3.8) is 0 Å². The second kappa shape index (κ2) is 14.5. The number of primary amides is 1. The zero-order chi connectivity index (χ0) is 25.6. The minimum Gasteiger partial charge on any atom is -0.370 e. The third-order valence-electron chi connectivity index (χ3n) is 5.42. The number of benzene rings is 2. The summed E-state index contributed by atoms with van der Waals surface area (Å²) < 4.78 is 0. The summed E-state index contributed by atoms with van der Waals surface area (Å²) in [7, 11) is 0. The summed E-state index contributed by atoms with van der Waals surface area (Å²) in [5, 5.41) is 8.31. The van der Waals surface area contributed by atoms with Crippen molar-refractivity contribution in [2.45, 2.75) is 57.2 Å². The van der Waals surface area contributed by atoms with E-state index in [1.807, 2.05) is 30.3 Å². The first-order chi connectivity index (χ1) is 16.8. The van der Waals surface area contributed by atoms with E-state index >= 15 is 0 Å². The van der Waals surface area contributed by atoms with Gasteiger partial charge in [-0.05, 0) is 50.4 Å². The predicted octanol–water partition coefficient (Wildman–Crippen LogP) is 1.02. The molecule has 0 saturated heterocycles. The summed E-state index contributed by atoms with van der Waals surface area (Å²) >= 11 is 0. The molecule has 35 heavy (non-hydrogen) atoms. The Hall–Kier alpha value is -3.72. The van der Waals surface area contributed by atoms with E-state index in [0.717, 1.165) is 5.56 Å². The van der Waals surface area contributed by atoms with Gasteiger partial charge in [0, 0.05) is 24.4 Å². The monoisotopic (exact) mass is 481 g/mol. The maximum Gasteiger partial charge on any atom is 0.251 e. The van der Waals surface area contributed by atoms with Gasteiger partial charge in [0.25, 0.3) is 5.91 Å². The Bertz CT molecular complexity index is 968. The van der Waals surface area contributed by atoms with Crippen LogP contribution in [0.2, 0.25) is 0 Å². The van der Waals surface area contributed by atoms with E-state index in [9.17, 15) is 19.2 Å². The summed E-state index contributed by atoms with van der Waals surface area (Å²) in [6.07, 6.45) is 1.91. The van der Waals surface area contributed by atoms with Crippen LogP contribution in [0.15, 0.2) is 60.7 Å². The Balaban J connectivity index is 2.18. The highest BCUT2D eigenvalue weighted by atomic mass is 16.2. The van der Waals surface area contributed by atoms with Gasteiger partial charge in [0.2, 0.25) is 17.7 Å². The molecule has 2 aromatic rings. The molecule has 0 aliphatic heterocycles. The number of carbonyl (C=O) groups is 4. The molecule has 0 radical (unpaired) electrons. The molecule has 3 atom stereocenters. The largest absolute Gasteiger partial charge is 0.370 e. The molecule has 2 aromatic carbocycles. The molecule has 9 nitrogen and oxygen atoms in total. The third kappa shape index (κ3) is 9.97. The predicted molar refractivity (Wildman–Crippen MR) is 134 cm³/mol. The lowest BCUT2D eigenvalue weighted by Crippen LogP contribution is -2.55. The number of unbranched alkanes of at least 4 members (excludes halogenated alkanes) is 1. The highest BCUT2D eigenvalue weighted by Gasteiger charge is 2.28. The van der Waals surface area contributed by atoms with Crippen LogP contribution in [0.4, 0.5) is 0 Å². The van der Waals surface area contributed by atoms with Crippen LogP contribution in [0.5, 0.6) is 0 Å². The number of carbonyl (C=O) groups excluding carboxylic acids is 4. The van der Waals surface area contributed by atoms with Gasteiger partial charge in [-0.15, -0.1) is 0 Å². The lowest BCUT2D eigenvalue weighted by atomic mass is 10.0. The molecular formula is C26H35N5O4. The molecule has 0 aliphatic rings. The first-order valence-electron chi connectivity index (χ1n) is 11.8. The topological polar surface area (TPSA) is 156 Å². The number of nitrogens with two attached hydrogens (primary N) is 2. The van der Waals surface area contributed by atoms with Crippen molar-refractivity contribution < 1.29 is 19.2 Å². The summed E-state index contributed by atoms with van der Waals surface area (Å²) in [4.78, 5) is 50.2. The van der Waals surface area contributed by atoms with Gasteiger partial charge in [-0.1, -0.05) is 48.5 Å².